The largest absolute Gasteiger partial charge is 0.310 e. The lowest BCUT2D eigenvalue weighted by Crippen LogP contribution is -2.26. The highest BCUT2D eigenvalue weighted by atomic mass is 79.9. The molecule has 1 unspecified atom stereocenters. The smallest absolute Gasteiger partial charge is 0.0320 e. The zero-order chi connectivity index (χ0) is 10.8. The van der Waals surface area contributed by atoms with Gasteiger partial charge in [-0.05, 0) is 49.9 Å². The van der Waals surface area contributed by atoms with E-state index in [2.05, 4.69) is 47.2 Å². The van der Waals surface area contributed by atoms with E-state index in [0.717, 1.165) is 0 Å². The van der Waals surface area contributed by atoms with Crippen LogP contribution in [0.3, 0.4) is 0 Å². The van der Waals surface area contributed by atoms with Gasteiger partial charge < -0.3 is 5.32 Å². The number of halogens is 1. The third-order valence-electron chi connectivity index (χ3n) is 3.17. The fourth-order valence-electron chi connectivity index (χ4n) is 2.32. The molecule has 2 heteroatoms. The number of benzene rings is 1. The zero-order valence-corrected chi connectivity index (χ0v) is 11.0. The fourth-order valence-corrected chi connectivity index (χ4v) is 2.55. The summed E-state index contributed by atoms with van der Waals surface area (Å²) in [5.41, 5.74) is 4.14. The molecule has 0 bridgehead atoms. The maximum Gasteiger partial charge on any atom is 0.0320 e. The molecule has 82 valence electrons. The normalized spacial score (nSPS) is 21.7. The Morgan fingerprint density at radius 1 is 1.20 bits per heavy atom. The lowest BCUT2D eigenvalue weighted by molar-refractivity contribution is 0.412. The molecule has 1 aromatic rings. The quantitative estimate of drug-likeness (QED) is 0.815. The van der Waals surface area contributed by atoms with Crippen molar-refractivity contribution in [3.05, 3.63) is 33.3 Å². The van der Waals surface area contributed by atoms with E-state index in [-0.39, 0.29) is 0 Å². The third kappa shape index (κ3) is 2.43. The van der Waals surface area contributed by atoms with Crippen molar-refractivity contribution >= 4 is 15.9 Å². The molecule has 1 nitrogen and oxygen atoms in total. The monoisotopic (exact) mass is 267 g/mol. The summed E-state index contributed by atoms with van der Waals surface area (Å²) in [5, 5.41) is 3.59. The Bertz CT molecular complexity index is 331. The minimum Gasteiger partial charge on any atom is -0.310 e. The second kappa shape index (κ2) is 4.67. The van der Waals surface area contributed by atoms with Crippen LogP contribution in [-0.2, 0) is 0 Å². The minimum atomic E-state index is 0.573. The van der Waals surface area contributed by atoms with Gasteiger partial charge in [-0.3, -0.25) is 0 Å². The molecule has 1 heterocycles. The van der Waals surface area contributed by atoms with Crippen LogP contribution < -0.4 is 5.32 Å². The number of hydrogen-bond donors (Lipinski definition) is 1. The van der Waals surface area contributed by atoms with E-state index in [1.807, 2.05) is 0 Å². The second-order valence-electron chi connectivity index (χ2n) is 4.47. The molecule has 1 saturated heterocycles. The molecule has 0 amide bonds. The lowest BCUT2D eigenvalue weighted by atomic mass is 9.95. The molecule has 1 atom stereocenters. The molecule has 0 spiro atoms. The number of aryl methyl sites for hydroxylation is 2. The molecule has 1 fully saturated rings. The van der Waals surface area contributed by atoms with E-state index < -0.39 is 0 Å². The maximum atomic E-state index is 3.62. The summed E-state index contributed by atoms with van der Waals surface area (Å²) >= 11 is 3.62. The van der Waals surface area contributed by atoms with Crippen LogP contribution in [0, 0.1) is 13.8 Å². The van der Waals surface area contributed by atoms with Crippen molar-refractivity contribution in [1.82, 2.24) is 5.32 Å². The fraction of sp³-hybridized carbons (Fsp3) is 0.538. The SMILES string of the molecule is Cc1cc(C2CCCCN2)cc(C)c1Br. The topological polar surface area (TPSA) is 12.0 Å². The van der Waals surface area contributed by atoms with Crippen LogP contribution in [0.2, 0.25) is 0 Å². The molecule has 1 aromatic carbocycles. The summed E-state index contributed by atoms with van der Waals surface area (Å²) in [7, 11) is 0. The highest BCUT2D eigenvalue weighted by Crippen LogP contribution is 2.29. The van der Waals surface area contributed by atoms with Crippen molar-refractivity contribution in [2.75, 3.05) is 6.54 Å². The average molecular weight is 268 g/mol. The van der Waals surface area contributed by atoms with Gasteiger partial charge in [-0.25, -0.2) is 0 Å². The van der Waals surface area contributed by atoms with Gasteiger partial charge in [0.2, 0.25) is 0 Å². The third-order valence-corrected chi connectivity index (χ3v) is 4.42. The first-order valence-electron chi connectivity index (χ1n) is 5.68. The number of piperidine rings is 1. The van der Waals surface area contributed by atoms with E-state index in [9.17, 15) is 0 Å². The van der Waals surface area contributed by atoms with Crippen molar-refractivity contribution < 1.29 is 0 Å². The summed E-state index contributed by atoms with van der Waals surface area (Å²) in [4.78, 5) is 0. The summed E-state index contributed by atoms with van der Waals surface area (Å²) in [5.74, 6) is 0. The van der Waals surface area contributed by atoms with Gasteiger partial charge in [-0.2, -0.15) is 0 Å². The van der Waals surface area contributed by atoms with E-state index in [0.29, 0.717) is 6.04 Å². The molecule has 1 N–H and O–H groups in total. The highest BCUT2D eigenvalue weighted by Gasteiger charge is 2.15. The molecular formula is C13H18BrN. The Balaban J connectivity index is 2.27. The van der Waals surface area contributed by atoms with Crippen LogP contribution in [0.1, 0.15) is 42.0 Å². The van der Waals surface area contributed by atoms with Crippen LogP contribution in [0.5, 0.6) is 0 Å². The number of nitrogens with one attached hydrogen (secondary N) is 1. The van der Waals surface area contributed by atoms with Crippen LogP contribution in [0.15, 0.2) is 16.6 Å². The van der Waals surface area contributed by atoms with Crippen molar-refractivity contribution in [1.29, 1.82) is 0 Å². The highest BCUT2D eigenvalue weighted by molar-refractivity contribution is 9.10. The van der Waals surface area contributed by atoms with Crippen LogP contribution in [-0.4, -0.2) is 6.54 Å². The van der Waals surface area contributed by atoms with Gasteiger partial charge in [0.05, 0.1) is 0 Å². The van der Waals surface area contributed by atoms with E-state index in [1.54, 1.807) is 0 Å². The molecule has 1 aliphatic rings. The maximum absolute atomic E-state index is 3.62. The molecule has 0 aromatic heterocycles. The first-order chi connectivity index (χ1) is 7.18. The Labute approximate surface area is 100 Å². The summed E-state index contributed by atoms with van der Waals surface area (Å²) < 4.78 is 1.25. The van der Waals surface area contributed by atoms with Crippen molar-refractivity contribution in [3.8, 4) is 0 Å². The van der Waals surface area contributed by atoms with E-state index in [4.69, 9.17) is 0 Å². The van der Waals surface area contributed by atoms with Gasteiger partial charge in [-0.15, -0.1) is 0 Å². The van der Waals surface area contributed by atoms with Crippen molar-refractivity contribution in [2.45, 2.75) is 39.2 Å². The molecular weight excluding hydrogens is 250 g/mol. The standard InChI is InChI=1S/C13H18BrN/c1-9-7-11(8-10(2)13(9)14)12-5-3-4-6-15-12/h7-8,12,15H,3-6H2,1-2H3. The molecule has 2 rings (SSSR count). The Hall–Kier alpha value is -0.340. The average Bonchev–Trinajstić information content (AvgIpc) is 2.26. The van der Waals surface area contributed by atoms with Gasteiger partial charge in [0.25, 0.3) is 0 Å². The first-order valence-corrected chi connectivity index (χ1v) is 6.48. The Morgan fingerprint density at radius 3 is 2.40 bits per heavy atom. The summed E-state index contributed by atoms with van der Waals surface area (Å²) in [6.07, 6.45) is 3.96. The zero-order valence-electron chi connectivity index (χ0n) is 9.44. The van der Waals surface area contributed by atoms with Gasteiger partial charge in [0.15, 0.2) is 0 Å². The van der Waals surface area contributed by atoms with Crippen molar-refractivity contribution in [3.63, 3.8) is 0 Å². The molecule has 0 aliphatic carbocycles. The van der Waals surface area contributed by atoms with Crippen molar-refractivity contribution in [2.24, 2.45) is 0 Å². The van der Waals surface area contributed by atoms with Gasteiger partial charge in [-0.1, -0.05) is 34.5 Å². The molecule has 0 radical (unpaired) electrons. The van der Waals surface area contributed by atoms with E-state index >= 15 is 0 Å². The predicted molar refractivity (Wildman–Crippen MR) is 68.2 cm³/mol. The van der Waals surface area contributed by atoms with Gasteiger partial charge >= 0.3 is 0 Å². The predicted octanol–water partition coefficient (Wildman–Crippen LogP) is 3.88. The second-order valence-corrected chi connectivity index (χ2v) is 5.26. The first kappa shape index (κ1) is 11.2. The van der Waals surface area contributed by atoms with Crippen LogP contribution in [0.4, 0.5) is 0 Å². The Morgan fingerprint density at radius 2 is 1.87 bits per heavy atom. The molecule has 15 heavy (non-hydrogen) atoms. The molecule has 1 aliphatic heterocycles. The summed E-state index contributed by atoms with van der Waals surface area (Å²) in [6.45, 7) is 5.51. The summed E-state index contributed by atoms with van der Waals surface area (Å²) in [6, 6.07) is 5.18. The number of hydrogen-bond acceptors (Lipinski definition) is 1. The van der Waals surface area contributed by atoms with Gasteiger partial charge in [0, 0.05) is 10.5 Å². The number of rotatable bonds is 1. The molecule has 0 saturated carbocycles. The van der Waals surface area contributed by atoms with Crippen LogP contribution >= 0.6 is 15.9 Å². The van der Waals surface area contributed by atoms with E-state index in [1.165, 1.54) is 47.0 Å². The van der Waals surface area contributed by atoms with Crippen LogP contribution in [0.25, 0.3) is 0 Å². The minimum absolute atomic E-state index is 0.573. The lowest BCUT2D eigenvalue weighted by Gasteiger charge is -2.24. The van der Waals surface area contributed by atoms with Gasteiger partial charge in [0.1, 0.15) is 0 Å². The Kier molecular flexibility index (Phi) is 3.47.